The number of aldehydes is 1. The zero-order chi connectivity index (χ0) is 11.5. The molecule has 0 aliphatic carbocycles. The quantitative estimate of drug-likeness (QED) is 0.828. The summed E-state index contributed by atoms with van der Waals surface area (Å²) in [5.41, 5.74) is -0.621. The molecule has 2 N–H and O–H groups in total. The van der Waals surface area contributed by atoms with E-state index in [1.807, 2.05) is 0 Å². The van der Waals surface area contributed by atoms with Gasteiger partial charge in [-0.2, -0.15) is 0 Å². The predicted octanol–water partition coefficient (Wildman–Crippen LogP) is 2.13. The van der Waals surface area contributed by atoms with Gasteiger partial charge in [0.25, 0.3) is 0 Å². The molecule has 0 fully saturated rings. The van der Waals surface area contributed by atoms with Gasteiger partial charge in [0.15, 0.2) is 0 Å². The molecule has 1 atom stereocenters. The minimum atomic E-state index is -1.23. The van der Waals surface area contributed by atoms with E-state index in [0.29, 0.717) is 11.8 Å². The highest BCUT2D eigenvalue weighted by Crippen LogP contribution is 2.21. The molecule has 0 unspecified atom stereocenters. The van der Waals surface area contributed by atoms with Gasteiger partial charge in [0, 0.05) is 4.47 Å². The summed E-state index contributed by atoms with van der Waals surface area (Å²) < 4.78 is 0.792. The zero-order valence-corrected chi connectivity index (χ0v) is 9.61. The fourth-order valence-corrected chi connectivity index (χ4v) is 1.60. The van der Waals surface area contributed by atoms with Crippen LogP contribution < -0.4 is 5.32 Å². The van der Waals surface area contributed by atoms with Crippen molar-refractivity contribution in [2.24, 2.45) is 0 Å². The molecule has 1 aromatic rings. The highest BCUT2D eigenvalue weighted by atomic mass is 79.9. The van der Waals surface area contributed by atoms with Crippen LogP contribution in [0.25, 0.3) is 0 Å². The number of hydrogen-bond acceptors (Lipinski definition) is 2. The van der Waals surface area contributed by atoms with Crippen LogP contribution in [0.1, 0.15) is 12.5 Å². The van der Waals surface area contributed by atoms with Gasteiger partial charge in [-0.05, 0) is 24.6 Å². The average molecular weight is 272 g/mol. The van der Waals surface area contributed by atoms with Gasteiger partial charge >= 0.3 is 6.09 Å². The molecule has 0 aliphatic heterocycles. The van der Waals surface area contributed by atoms with Crippen LogP contribution in [0.4, 0.5) is 4.79 Å². The Morgan fingerprint density at radius 3 is 2.73 bits per heavy atom. The van der Waals surface area contributed by atoms with Crippen molar-refractivity contribution in [2.75, 3.05) is 0 Å². The molecule has 0 heterocycles. The minimum absolute atomic E-state index is 0.572. The van der Waals surface area contributed by atoms with Crippen molar-refractivity contribution in [3.05, 3.63) is 34.3 Å². The normalized spacial score (nSPS) is 14.0. The summed E-state index contributed by atoms with van der Waals surface area (Å²) in [6.07, 6.45) is -0.660. The Kier molecular flexibility index (Phi) is 3.47. The molecule has 80 valence electrons. The third-order valence-corrected chi connectivity index (χ3v) is 2.52. The maximum absolute atomic E-state index is 10.9. The Morgan fingerprint density at radius 2 is 2.27 bits per heavy atom. The predicted molar refractivity (Wildman–Crippen MR) is 58.7 cm³/mol. The average Bonchev–Trinajstić information content (AvgIpc) is 2.16. The van der Waals surface area contributed by atoms with Crippen molar-refractivity contribution < 1.29 is 14.7 Å². The van der Waals surface area contributed by atoms with Gasteiger partial charge in [0.2, 0.25) is 0 Å². The second-order valence-corrected chi connectivity index (χ2v) is 4.18. The van der Waals surface area contributed by atoms with Crippen LogP contribution in [0.5, 0.6) is 0 Å². The maximum atomic E-state index is 10.9. The van der Waals surface area contributed by atoms with Gasteiger partial charge in [-0.25, -0.2) is 4.79 Å². The maximum Gasteiger partial charge on any atom is 0.405 e. The van der Waals surface area contributed by atoms with Gasteiger partial charge in [-0.1, -0.05) is 28.1 Å². The first-order valence-electron chi connectivity index (χ1n) is 4.21. The lowest BCUT2D eigenvalue weighted by Gasteiger charge is -2.23. The van der Waals surface area contributed by atoms with E-state index in [1.165, 1.54) is 6.92 Å². The molecule has 0 aromatic heterocycles. The molecule has 0 saturated heterocycles. The minimum Gasteiger partial charge on any atom is -0.465 e. The van der Waals surface area contributed by atoms with Crippen LogP contribution >= 0.6 is 15.9 Å². The zero-order valence-electron chi connectivity index (χ0n) is 8.03. The number of rotatable bonds is 3. The summed E-state index contributed by atoms with van der Waals surface area (Å²) in [6.45, 7) is 1.51. The largest absolute Gasteiger partial charge is 0.465 e. The number of carbonyl (C=O) groups is 2. The Morgan fingerprint density at radius 1 is 1.60 bits per heavy atom. The molecule has 0 saturated carbocycles. The molecule has 0 spiro atoms. The molecule has 0 aliphatic rings. The highest BCUT2D eigenvalue weighted by molar-refractivity contribution is 9.10. The lowest BCUT2D eigenvalue weighted by atomic mass is 9.94. The fraction of sp³-hybridized carbons (Fsp3) is 0.200. The van der Waals surface area contributed by atoms with Crippen molar-refractivity contribution in [3.8, 4) is 0 Å². The molecule has 1 rings (SSSR count). The third kappa shape index (κ3) is 2.79. The standard InChI is InChI=1S/C10H10BrNO3/c1-10(6-13,12-9(14)15)7-3-2-4-8(11)5-7/h2-6,12H,1H3,(H,14,15)/t10-/m0/s1. The first kappa shape index (κ1) is 11.7. The van der Waals surface area contributed by atoms with Crippen molar-refractivity contribution >= 4 is 28.3 Å². The number of nitrogens with one attached hydrogen (secondary N) is 1. The van der Waals surface area contributed by atoms with E-state index < -0.39 is 11.6 Å². The Bertz CT molecular complexity index is 394. The molecule has 4 nitrogen and oxygen atoms in total. The van der Waals surface area contributed by atoms with Crippen molar-refractivity contribution in [2.45, 2.75) is 12.5 Å². The van der Waals surface area contributed by atoms with E-state index in [4.69, 9.17) is 5.11 Å². The van der Waals surface area contributed by atoms with Crippen LogP contribution in [-0.4, -0.2) is 17.5 Å². The van der Waals surface area contributed by atoms with Crippen molar-refractivity contribution in [1.29, 1.82) is 0 Å². The summed E-state index contributed by atoms with van der Waals surface area (Å²) in [7, 11) is 0. The van der Waals surface area contributed by atoms with E-state index in [9.17, 15) is 9.59 Å². The molecule has 1 amide bonds. The third-order valence-electron chi connectivity index (χ3n) is 2.03. The van der Waals surface area contributed by atoms with Crippen LogP contribution in [0.3, 0.4) is 0 Å². The second-order valence-electron chi connectivity index (χ2n) is 3.26. The molecule has 15 heavy (non-hydrogen) atoms. The van der Waals surface area contributed by atoms with Gasteiger partial charge in [-0.15, -0.1) is 0 Å². The number of benzene rings is 1. The lowest BCUT2D eigenvalue weighted by molar-refractivity contribution is -0.112. The SMILES string of the molecule is C[C@@](C=O)(NC(=O)O)c1cccc(Br)c1. The van der Waals surface area contributed by atoms with Crippen molar-refractivity contribution in [3.63, 3.8) is 0 Å². The topological polar surface area (TPSA) is 66.4 Å². The van der Waals surface area contributed by atoms with E-state index >= 15 is 0 Å². The number of halogens is 1. The molecular weight excluding hydrogens is 262 g/mol. The number of carbonyl (C=O) groups excluding carboxylic acids is 1. The summed E-state index contributed by atoms with van der Waals surface area (Å²) in [5.74, 6) is 0. The Labute approximate surface area is 95.4 Å². The number of hydrogen-bond donors (Lipinski definition) is 2. The summed E-state index contributed by atoms with van der Waals surface area (Å²) >= 11 is 3.26. The molecule has 1 aromatic carbocycles. The smallest absolute Gasteiger partial charge is 0.405 e. The number of carboxylic acid groups (broad SMARTS) is 1. The first-order chi connectivity index (χ1) is 6.98. The Hall–Kier alpha value is -1.36. The molecular formula is C10H10BrNO3. The molecule has 0 radical (unpaired) electrons. The van der Waals surface area contributed by atoms with Gasteiger partial charge in [0.1, 0.15) is 11.8 Å². The number of amides is 1. The summed E-state index contributed by atoms with van der Waals surface area (Å²) in [5, 5.41) is 10.8. The molecule has 5 heteroatoms. The summed E-state index contributed by atoms with van der Waals surface area (Å²) in [4.78, 5) is 21.5. The first-order valence-corrected chi connectivity index (χ1v) is 5.01. The van der Waals surface area contributed by atoms with Gasteiger partial charge in [-0.3, -0.25) is 0 Å². The van der Waals surface area contributed by atoms with E-state index in [0.717, 1.165) is 4.47 Å². The Balaban J connectivity index is 3.10. The van der Waals surface area contributed by atoms with Gasteiger partial charge < -0.3 is 15.2 Å². The highest BCUT2D eigenvalue weighted by Gasteiger charge is 2.27. The molecule has 0 bridgehead atoms. The van der Waals surface area contributed by atoms with Crippen LogP contribution in [-0.2, 0) is 10.3 Å². The van der Waals surface area contributed by atoms with E-state index in [1.54, 1.807) is 24.3 Å². The van der Waals surface area contributed by atoms with Crippen LogP contribution in [0.2, 0.25) is 0 Å². The summed E-state index contributed by atoms with van der Waals surface area (Å²) in [6, 6.07) is 6.93. The van der Waals surface area contributed by atoms with E-state index in [-0.39, 0.29) is 0 Å². The van der Waals surface area contributed by atoms with Crippen molar-refractivity contribution in [1.82, 2.24) is 5.32 Å². The van der Waals surface area contributed by atoms with E-state index in [2.05, 4.69) is 21.2 Å². The fourth-order valence-electron chi connectivity index (χ4n) is 1.20. The van der Waals surface area contributed by atoms with Gasteiger partial charge in [0.05, 0.1) is 0 Å². The monoisotopic (exact) mass is 271 g/mol. The lowest BCUT2D eigenvalue weighted by Crippen LogP contribution is -2.44. The second kappa shape index (κ2) is 4.44. The van der Waals surface area contributed by atoms with Crippen LogP contribution in [0.15, 0.2) is 28.7 Å². The van der Waals surface area contributed by atoms with Crippen LogP contribution in [0, 0.1) is 0 Å².